The minimum Gasteiger partial charge on any atom is -0.445 e. The molecule has 1 aromatic rings. The molecule has 0 bridgehead atoms. The highest BCUT2D eigenvalue weighted by molar-refractivity contribution is 7.79. The van der Waals surface area contributed by atoms with Crippen LogP contribution in [0, 0.1) is 0 Å². The largest absolute Gasteiger partial charge is 0.445 e. The number of carbonyl (C=O) groups is 1. The Morgan fingerprint density at radius 3 is 2.56 bits per heavy atom. The monoisotopic (exact) mass is 242 g/mol. The fraction of sp³-hybridized carbons (Fsp3) is 0.364. The van der Waals surface area contributed by atoms with E-state index in [2.05, 4.69) is 17.9 Å². The van der Waals surface area contributed by atoms with E-state index < -0.39 is 6.09 Å². The molecule has 5 heteroatoms. The summed E-state index contributed by atoms with van der Waals surface area (Å²) in [7, 11) is 0. The van der Waals surface area contributed by atoms with Crippen molar-refractivity contribution in [1.29, 1.82) is 0 Å². The van der Waals surface area contributed by atoms with Gasteiger partial charge in [0.15, 0.2) is 0 Å². The molecule has 16 heavy (non-hydrogen) atoms. The van der Waals surface area contributed by atoms with Gasteiger partial charge in [0.1, 0.15) is 6.61 Å². The predicted molar refractivity (Wildman–Crippen MR) is 68.6 cm³/mol. The zero-order valence-corrected chi connectivity index (χ0v) is 10.2. The first kappa shape index (κ1) is 14.8. The maximum atomic E-state index is 11.0. The van der Waals surface area contributed by atoms with Gasteiger partial charge in [-0.15, -0.1) is 0 Å². The fourth-order valence-electron chi connectivity index (χ4n) is 0.948. The molecule has 0 saturated carbocycles. The topological polar surface area (TPSA) is 64.3 Å². The second kappa shape index (κ2) is 10.3. The lowest BCUT2D eigenvalue weighted by molar-refractivity contribution is 0.140. The van der Waals surface area contributed by atoms with Gasteiger partial charge in [-0.25, -0.2) is 4.79 Å². The lowest BCUT2D eigenvalue weighted by Gasteiger charge is -2.05. The fourth-order valence-corrected chi connectivity index (χ4v) is 0.948. The van der Waals surface area contributed by atoms with Gasteiger partial charge in [-0.3, -0.25) is 0 Å². The molecule has 0 unspecified atom stereocenters. The van der Waals surface area contributed by atoms with Crippen molar-refractivity contribution in [3.8, 4) is 0 Å². The van der Waals surface area contributed by atoms with Gasteiger partial charge in [0.25, 0.3) is 0 Å². The molecule has 0 aliphatic heterocycles. The van der Waals surface area contributed by atoms with Crippen LogP contribution in [0.4, 0.5) is 4.79 Å². The summed E-state index contributed by atoms with van der Waals surface area (Å²) in [6.45, 7) is 1.14. The van der Waals surface area contributed by atoms with Crippen LogP contribution in [-0.2, 0) is 11.3 Å². The average Bonchev–Trinajstić information content (AvgIpc) is 2.37. The van der Waals surface area contributed by atoms with Crippen LogP contribution in [0.5, 0.6) is 0 Å². The summed E-state index contributed by atoms with van der Waals surface area (Å²) >= 11 is 3.53. The van der Waals surface area contributed by atoms with Crippen molar-refractivity contribution in [1.82, 2.24) is 5.32 Å². The van der Waals surface area contributed by atoms with Gasteiger partial charge < -0.3 is 15.8 Å². The molecule has 1 rings (SSSR count). The van der Waals surface area contributed by atoms with Crippen LogP contribution in [0.15, 0.2) is 30.3 Å². The Labute approximate surface area is 102 Å². The van der Waals surface area contributed by atoms with Crippen LogP contribution in [0.2, 0.25) is 0 Å². The molecule has 0 heterocycles. The Balaban J connectivity index is 0.00000106. The molecule has 0 aromatic heterocycles. The van der Waals surface area contributed by atoms with Crippen molar-refractivity contribution >= 4 is 18.7 Å². The maximum absolute atomic E-state index is 11.0. The Kier molecular flexibility index (Phi) is 9.55. The number of ether oxygens (including phenoxy) is 1. The Morgan fingerprint density at radius 1 is 1.38 bits per heavy atom. The van der Waals surface area contributed by atoms with Crippen LogP contribution < -0.4 is 11.1 Å². The number of hydrogen-bond acceptors (Lipinski definition) is 4. The van der Waals surface area contributed by atoms with Crippen molar-refractivity contribution in [3.05, 3.63) is 35.9 Å². The summed E-state index contributed by atoms with van der Waals surface area (Å²) in [6, 6.07) is 9.51. The van der Waals surface area contributed by atoms with E-state index >= 15 is 0 Å². The molecule has 0 spiro atoms. The number of benzene rings is 1. The summed E-state index contributed by atoms with van der Waals surface area (Å²) < 4.78 is 4.92. The normalized spacial score (nSPS) is 8.69. The first-order valence-electron chi connectivity index (χ1n) is 4.92. The first-order chi connectivity index (χ1) is 7.83. The molecule has 0 aliphatic carbocycles. The first-order valence-corrected chi connectivity index (χ1v) is 5.81. The highest BCUT2D eigenvalue weighted by Crippen LogP contribution is 1.99. The van der Waals surface area contributed by atoms with Crippen molar-refractivity contribution < 1.29 is 9.53 Å². The average molecular weight is 242 g/mol. The van der Waals surface area contributed by atoms with Crippen LogP contribution in [-0.4, -0.2) is 25.4 Å². The number of rotatable bonds is 4. The Morgan fingerprint density at radius 2 is 2.00 bits per heavy atom. The summed E-state index contributed by atoms with van der Waals surface area (Å²) in [4.78, 5) is 11.0. The van der Waals surface area contributed by atoms with E-state index in [9.17, 15) is 4.79 Å². The second-order valence-electron chi connectivity index (χ2n) is 2.78. The van der Waals surface area contributed by atoms with Gasteiger partial charge in [0, 0.05) is 13.1 Å². The van der Waals surface area contributed by atoms with Crippen molar-refractivity contribution in [2.24, 2.45) is 5.73 Å². The maximum Gasteiger partial charge on any atom is 0.407 e. The minimum absolute atomic E-state index is 0.289. The minimum atomic E-state index is -0.431. The van der Waals surface area contributed by atoms with Crippen LogP contribution in [0.1, 0.15) is 5.56 Å². The van der Waals surface area contributed by atoms with Crippen LogP contribution in [0.3, 0.4) is 0 Å². The molecule has 0 saturated heterocycles. The third kappa shape index (κ3) is 7.14. The van der Waals surface area contributed by atoms with Gasteiger partial charge in [-0.05, 0) is 11.8 Å². The number of alkyl carbamates (subject to hydrolysis) is 1. The highest BCUT2D eigenvalue weighted by atomic mass is 32.1. The summed E-state index contributed by atoms with van der Waals surface area (Å²) in [5.41, 5.74) is 6.18. The van der Waals surface area contributed by atoms with Gasteiger partial charge in [-0.2, -0.15) is 12.6 Å². The summed E-state index contributed by atoms with van der Waals surface area (Å²) in [6.07, 6.45) is 1.26. The SMILES string of the molecule is CS.NCCNC(=O)OCc1ccccc1. The quantitative estimate of drug-likeness (QED) is 0.700. The molecule has 1 amide bonds. The van der Waals surface area contributed by atoms with E-state index in [0.717, 1.165) is 5.56 Å². The Hall–Kier alpha value is -1.20. The molecule has 1 aromatic carbocycles. The second-order valence-corrected chi connectivity index (χ2v) is 2.78. The van der Waals surface area contributed by atoms with E-state index in [1.165, 1.54) is 0 Å². The number of amides is 1. The molecule has 90 valence electrons. The van der Waals surface area contributed by atoms with Crippen LogP contribution in [0.25, 0.3) is 0 Å². The van der Waals surface area contributed by atoms with Gasteiger partial charge in [0.2, 0.25) is 0 Å². The molecule has 0 fully saturated rings. The lowest BCUT2D eigenvalue weighted by atomic mass is 10.2. The van der Waals surface area contributed by atoms with E-state index in [4.69, 9.17) is 10.5 Å². The number of hydrogen-bond donors (Lipinski definition) is 3. The standard InChI is InChI=1S/C10H14N2O2.CH4S/c11-6-7-12-10(13)14-8-9-4-2-1-3-5-9;1-2/h1-5H,6-8,11H2,(H,12,13);2H,1H3. The molecular weight excluding hydrogens is 224 g/mol. The zero-order valence-electron chi connectivity index (χ0n) is 9.35. The van der Waals surface area contributed by atoms with Gasteiger partial charge in [0.05, 0.1) is 0 Å². The van der Waals surface area contributed by atoms with Crippen molar-refractivity contribution in [3.63, 3.8) is 0 Å². The van der Waals surface area contributed by atoms with Gasteiger partial charge in [-0.1, -0.05) is 30.3 Å². The predicted octanol–water partition coefficient (Wildman–Crippen LogP) is 1.42. The van der Waals surface area contributed by atoms with E-state index in [1.807, 2.05) is 30.3 Å². The summed E-state index contributed by atoms with van der Waals surface area (Å²) in [5.74, 6) is 0. The van der Waals surface area contributed by atoms with Gasteiger partial charge >= 0.3 is 6.09 Å². The van der Waals surface area contributed by atoms with E-state index in [0.29, 0.717) is 13.1 Å². The smallest absolute Gasteiger partial charge is 0.407 e. The highest BCUT2D eigenvalue weighted by Gasteiger charge is 1.99. The number of nitrogens with one attached hydrogen (secondary N) is 1. The summed E-state index contributed by atoms with van der Waals surface area (Å²) in [5, 5.41) is 2.52. The number of thiol groups is 1. The number of carbonyl (C=O) groups excluding carboxylic acids is 1. The van der Waals surface area contributed by atoms with Crippen molar-refractivity contribution in [2.75, 3.05) is 19.3 Å². The van der Waals surface area contributed by atoms with E-state index in [-0.39, 0.29) is 6.61 Å². The number of nitrogens with two attached hydrogens (primary N) is 1. The lowest BCUT2D eigenvalue weighted by Crippen LogP contribution is -2.29. The Bertz CT molecular complexity index is 281. The molecule has 0 radical (unpaired) electrons. The third-order valence-electron chi connectivity index (χ3n) is 1.63. The zero-order chi connectivity index (χ0) is 12.2. The molecule has 4 nitrogen and oxygen atoms in total. The van der Waals surface area contributed by atoms with E-state index in [1.54, 1.807) is 6.26 Å². The molecule has 3 N–H and O–H groups in total. The molecule has 0 aliphatic rings. The molecule has 0 atom stereocenters. The van der Waals surface area contributed by atoms with Crippen molar-refractivity contribution in [2.45, 2.75) is 6.61 Å². The third-order valence-corrected chi connectivity index (χ3v) is 1.63. The van der Waals surface area contributed by atoms with Crippen LogP contribution >= 0.6 is 12.6 Å². The molecular formula is C11H18N2O2S.